The maximum Gasteiger partial charge on any atom is 0.225 e. The van der Waals surface area contributed by atoms with Gasteiger partial charge in [-0.1, -0.05) is 20.8 Å². The standard InChI is InChI=1S/C18H37N3O/c1-15(2)18(22)21-13-11-20(12-14-21)10-8-17(5)7-9-19(6)16(3)4/h15-17H,7-14H2,1-6H3. The van der Waals surface area contributed by atoms with Crippen molar-refractivity contribution in [1.29, 1.82) is 0 Å². The van der Waals surface area contributed by atoms with Crippen molar-refractivity contribution in [3.8, 4) is 0 Å². The van der Waals surface area contributed by atoms with Crippen molar-refractivity contribution in [3.05, 3.63) is 0 Å². The molecular formula is C18H37N3O. The second-order valence-corrected chi connectivity index (χ2v) is 7.58. The van der Waals surface area contributed by atoms with E-state index >= 15 is 0 Å². The second-order valence-electron chi connectivity index (χ2n) is 7.58. The van der Waals surface area contributed by atoms with Crippen LogP contribution in [-0.2, 0) is 4.79 Å². The number of amides is 1. The summed E-state index contributed by atoms with van der Waals surface area (Å²) in [6, 6.07) is 0.638. The molecule has 0 radical (unpaired) electrons. The van der Waals surface area contributed by atoms with Crippen LogP contribution in [0.2, 0.25) is 0 Å². The number of carbonyl (C=O) groups excluding carboxylic acids is 1. The summed E-state index contributed by atoms with van der Waals surface area (Å²) in [7, 11) is 2.21. The third kappa shape index (κ3) is 6.66. The summed E-state index contributed by atoms with van der Waals surface area (Å²) in [5.74, 6) is 1.21. The molecule has 0 spiro atoms. The normalized spacial score (nSPS) is 18.5. The molecule has 4 heteroatoms. The summed E-state index contributed by atoms with van der Waals surface area (Å²) in [5, 5.41) is 0. The van der Waals surface area contributed by atoms with Gasteiger partial charge in [0.05, 0.1) is 0 Å². The Hall–Kier alpha value is -0.610. The summed E-state index contributed by atoms with van der Waals surface area (Å²) in [4.78, 5) is 19.0. The first-order chi connectivity index (χ1) is 10.3. The van der Waals surface area contributed by atoms with Crippen molar-refractivity contribution in [2.45, 2.75) is 53.5 Å². The Kier molecular flexibility index (Phi) is 8.40. The van der Waals surface area contributed by atoms with Crippen LogP contribution in [0.4, 0.5) is 0 Å². The van der Waals surface area contributed by atoms with Crippen LogP contribution in [0.3, 0.4) is 0 Å². The van der Waals surface area contributed by atoms with Gasteiger partial charge in [-0.2, -0.15) is 0 Å². The fourth-order valence-corrected chi connectivity index (χ4v) is 2.79. The third-order valence-electron chi connectivity index (χ3n) is 4.97. The maximum atomic E-state index is 12.0. The van der Waals surface area contributed by atoms with Gasteiger partial charge in [0.15, 0.2) is 0 Å². The molecule has 1 unspecified atom stereocenters. The second kappa shape index (κ2) is 9.51. The van der Waals surface area contributed by atoms with Crippen LogP contribution >= 0.6 is 0 Å². The molecule has 0 saturated carbocycles. The summed E-state index contributed by atoms with van der Waals surface area (Å²) in [6.45, 7) is 17.1. The van der Waals surface area contributed by atoms with E-state index in [1.807, 2.05) is 18.7 Å². The van der Waals surface area contributed by atoms with Gasteiger partial charge in [0.1, 0.15) is 0 Å². The van der Waals surface area contributed by atoms with Crippen LogP contribution in [0.25, 0.3) is 0 Å². The molecule has 1 aliphatic rings. The topological polar surface area (TPSA) is 26.8 Å². The van der Waals surface area contributed by atoms with Gasteiger partial charge in [0, 0.05) is 38.1 Å². The highest BCUT2D eigenvalue weighted by molar-refractivity contribution is 5.78. The van der Waals surface area contributed by atoms with Gasteiger partial charge >= 0.3 is 0 Å². The Bertz CT molecular complexity index is 322. The minimum absolute atomic E-state index is 0.129. The fraction of sp³-hybridized carbons (Fsp3) is 0.944. The lowest BCUT2D eigenvalue weighted by molar-refractivity contribution is -0.136. The molecule has 1 saturated heterocycles. The molecule has 1 fully saturated rings. The lowest BCUT2D eigenvalue weighted by Crippen LogP contribution is -2.50. The van der Waals surface area contributed by atoms with Gasteiger partial charge in [-0.05, 0) is 52.7 Å². The van der Waals surface area contributed by atoms with Crippen LogP contribution in [0.15, 0.2) is 0 Å². The molecule has 0 aromatic rings. The lowest BCUT2D eigenvalue weighted by Gasteiger charge is -2.36. The summed E-state index contributed by atoms with van der Waals surface area (Å²) < 4.78 is 0. The van der Waals surface area contributed by atoms with Crippen LogP contribution in [0.1, 0.15) is 47.5 Å². The van der Waals surface area contributed by atoms with E-state index in [-0.39, 0.29) is 5.92 Å². The van der Waals surface area contributed by atoms with Crippen molar-refractivity contribution in [3.63, 3.8) is 0 Å². The van der Waals surface area contributed by atoms with Gasteiger partial charge in [-0.25, -0.2) is 0 Å². The predicted octanol–water partition coefficient (Wildman–Crippen LogP) is 2.54. The van der Waals surface area contributed by atoms with E-state index in [4.69, 9.17) is 0 Å². The first-order valence-corrected chi connectivity index (χ1v) is 9.02. The van der Waals surface area contributed by atoms with Crippen LogP contribution in [0, 0.1) is 11.8 Å². The van der Waals surface area contributed by atoms with Crippen molar-refractivity contribution in [2.75, 3.05) is 46.3 Å². The van der Waals surface area contributed by atoms with Crippen LogP contribution in [0.5, 0.6) is 0 Å². The van der Waals surface area contributed by atoms with E-state index in [9.17, 15) is 4.79 Å². The number of nitrogens with zero attached hydrogens (tertiary/aromatic N) is 3. The first-order valence-electron chi connectivity index (χ1n) is 9.02. The van der Waals surface area contributed by atoms with Crippen molar-refractivity contribution >= 4 is 5.91 Å². The van der Waals surface area contributed by atoms with Crippen LogP contribution in [-0.4, -0.2) is 73.0 Å². The van der Waals surface area contributed by atoms with E-state index in [1.54, 1.807) is 0 Å². The molecule has 0 N–H and O–H groups in total. The Morgan fingerprint density at radius 1 is 1.00 bits per heavy atom. The molecule has 1 rings (SSSR count). The van der Waals surface area contributed by atoms with Gasteiger partial charge in [-0.3, -0.25) is 9.69 Å². The van der Waals surface area contributed by atoms with Gasteiger partial charge in [0.2, 0.25) is 5.91 Å². The Labute approximate surface area is 137 Å². The summed E-state index contributed by atoms with van der Waals surface area (Å²) >= 11 is 0. The Morgan fingerprint density at radius 3 is 2.09 bits per heavy atom. The Morgan fingerprint density at radius 2 is 1.59 bits per heavy atom. The highest BCUT2D eigenvalue weighted by atomic mass is 16.2. The molecular weight excluding hydrogens is 274 g/mol. The molecule has 0 aliphatic carbocycles. The molecule has 130 valence electrons. The van der Waals surface area contributed by atoms with E-state index < -0.39 is 0 Å². The molecule has 1 heterocycles. The lowest BCUT2D eigenvalue weighted by atomic mass is 10.0. The molecule has 1 atom stereocenters. The number of hydrogen-bond acceptors (Lipinski definition) is 3. The van der Waals surface area contributed by atoms with E-state index in [1.165, 1.54) is 25.9 Å². The van der Waals surface area contributed by atoms with Crippen molar-refractivity contribution in [2.24, 2.45) is 11.8 Å². The van der Waals surface area contributed by atoms with E-state index in [0.29, 0.717) is 11.9 Å². The minimum Gasteiger partial charge on any atom is -0.340 e. The third-order valence-corrected chi connectivity index (χ3v) is 4.97. The average Bonchev–Trinajstić information content (AvgIpc) is 2.50. The van der Waals surface area contributed by atoms with Crippen LogP contribution < -0.4 is 0 Å². The fourth-order valence-electron chi connectivity index (χ4n) is 2.79. The quantitative estimate of drug-likeness (QED) is 0.689. The average molecular weight is 312 g/mol. The summed E-state index contributed by atoms with van der Waals surface area (Å²) in [6.07, 6.45) is 2.55. The number of hydrogen-bond donors (Lipinski definition) is 0. The number of carbonyl (C=O) groups is 1. The first kappa shape index (κ1) is 19.4. The summed E-state index contributed by atoms with van der Waals surface area (Å²) in [5.41, 5.74) is 0. The SMILES string of the molecule is CC(CCN1CCN(C(=O)C(C)C)CC1)CCN(C)C(C)C. The van der Waals surface area contributed by atoms with Gasteiger partial charge in [-0.15, -0.1) is 0 Å². The molecule has 0 aromatic carbocycles. The smallest absolute Gasteiger partial charge is 0.225 e. The monoisotopic (exact) mass is 311 g/mol. The molecule has 0 aromatic heterocycles. The largest absolute Gasteiger partial charge is 0.340 e. The highest BCUT2D eigenvalue weighted by Crippen LogP contribution is 2.12. The number of piperazine rings is 1. The minimum atomic E-state index is 0.129. The Balaban J connectivity index is 2.18. The van der Waals surface area contributed by atoms with Crippen molar-refractivity contribution in [1.82, 2.24) is 14.7 Å². The highest BCUT2D eigenvalue weighted by Gasteiger charge is 2.22. The van der Waals surface area contributed by atoms with E-state index in [2.05, 4.69) is 37.6 Å². The van der Waals surface area contributed by atoms with Crippen molar-refractivity contribution < 1.29 is 4.79 Å². The van der Waals surface area contributed by atoms with Gasteiger partial charge < -0.3 is 9.80 Å². The molecule has 22 heavy (non-hydrogen) atoms. The molecule has 1 amide bonds. The number of rotatable bonds is 8. The van der Waals surface area contributed by atoms with E-state index in [0.717, 1.165) is 32.1 Å². The zero-order valence-corrected chi connectivity index (χ0v) is 15.6. The predicted molar refractivity (Wildman–Crippen MR) is 94.0 cm³/mol. The molecule has 0 bridgehead atoms. The molecule has 4 nitrogen and oxygen atoms in total. The maximum absolute atomic E-state index is 12.0. The molecule has 1 aliphatic heterocycles. The zero-order chi connectivity index (χ0) is 16.7. The zero-order valence-electron chi connectivity index (χ0n) is 15.6. The van der Waals surface area contributed by atoms with Gasteiger partial charge in [0.25, 0.3) is 0 Å².